The van der Waals surface area contributed by atoms with Crippen LogP contribution in [0, 0.1) is 0 Å². The quantitative estimate of drug-likeness (QED) is 0.329. The van der Waals surface area contributed by atoms with E-state index in [0.29, 0.717) is 6.04 Å². The summed E-state index contributed by atoms with van der Waals surface area (Å²) in [5.41, 5.74) is 2.68. The molecule has 2 N–H and O–H groups in total. The maximum atomic E-state index is 5.55. The van der Waals surface area contributed by atoms with Crippen molar-refractivity contribution in [1.82, 2.24) is 10.6 Å². The number of hydrogen-bond donors (Lipinski definition) is 2. The lowest BCUT2D eigenvalue weighted by Gasteiger charge is -2.16. The number of aliphatic imine (C=N–C) groups is 1. The lowest BCUT2D eigenvalue weighted by molar-refractivity contribution is 0.357. The largest absolute Gasteiger partial charge is 0.493 e. The molecule has 1 aliphatic carbocycles. The number of hydrogen-bond acceptors (Lipinski definition) is 2. The Kier molecular flexibility index (Phi) is 7.20. The monoisotopic (exact) mass is 427 g/mol. The third-order valence-corrected chi connectivity index (χ3v) is 4.12. The molecule has 0 unspecified atom stereocenters. The molecule has 1 aromatic rings. The van der Waals surface area contributed by atoms with Gasteiger partial charge in [-0.15, -0.1) is 24.0 Å². The van der Waals surface area contributed by atoms with Gasteiger partial charge in [-0.1, -0.05) is 24.3 Å². The van der Waals surface area contributed by atoms with Crippen LogP contribution in [0.25, 0.3) is 0 Å². The minimum Gasteiger partial charge on any atom is -0.493 e. The van der Waals surface area contributed by atoms with Crippen molar-refractivity contribution in [2.24, 2.45) is 4.99 Å². The summed E-state index contributed by atoms with van der Waals surface area (Å²) in [6, 6.07) is 7.00. The SMILES string of the molecule is CCNC(=NCCc1ccc2c(c1)CCO2)NC1CC=CC1.I. The molecule has 4 nitrogen and oxygen atoms in total. The molecular weight excluding hydrogens is 401 g/mol. The fraction of sp³-hybridized carbons (Fsp3) is 0.500. The van der Waals surface area contributed by atoms with Gasteiger partial charge in [-0.3, -0.25) is 4.99 Å². The minimum atomic E-state index is 0. The number of rotatable bonds is 5. The molecule has 0 saturated heterocycles. The van der Waals surface area contributed by atoms with Gasteiger partial charge in [0.15, 0.2) is 5.96 Å². The van der Waals surface area contributed by atoms with Gasteiger partial charge in [0.2, 0.25) is 0 Å². The van der Waals surface area contributed by atoms with Crippen LogP contribution in [0.2, 0.25) is 0 Å². The van der Waals surface area contributed by atoms with Crippen LogP contribution in [0.3, 0.4) is 0 Å². The Bertz CT molecular complexity index is 563. The predicted molar refractivity (Wildman–Crippen MR) is 106 cm³/mol. The highest BCUT2D eigenvalue weighted by atomic mass is 127. The van der Waals surface area contributed by atoms with Crippen molar-refractivity contribution in [3.05, 3.63) is 41.5 Å². The average Bonchev–Trinajstić information content (AvgIpc) is 3.18. The highest BCUT2D eigenvalue weighted by Gasteiger charge is 2.13. The van der Waals surface area contributed by atoms with Crippen molar-refractivity contribution in [3.63, 3.8) is 0 Å². The molecule has 0 spiro atoms. The third kappa shape index (κ3) is 5.12. The molecule has 0 atom stereocenters. The fourth-order valence-electron chi connectivity index (χ4n) is 2.94. The second-order valence-electron chi connectivity index (χ2n) is 5.84. The van der Waals surface area contributed by atoms with E-state index in [2.05, 4.69) is 47.9 Å². The fourth-order valence-corrected chi connectivity index (χ4v) is 2.94. The van der Waals surface area contributed by atoms with E-state index in [1.54, 1.807) is 0 Å². The van der Waals surface area contributed by atoms with Gasteiger partial charge >= 0.3 is 0 Å². The summed E-state index contributed by atoms with van der Waals surface area (Å²) in [4.78, 5) is 4.70. The lowest BCUT2D eigenvalue weighted by atomic mass is 10.1. The number of guanidine groups is 1. The molecule has 3 rings (SSSR count). The van der Waals surface area contributed by atoms with Crippen molar-refractivity contribution in [2.45, 2.75) is 38.6 Å². The first-order valence-electron chi connectivity index (χ1n) is 8.29. The Balaban J connectivity index is 0.00000192. The summed E-state index contributed by atoms with van der Waals surface area (Å²) >= 11 is 0. The van der Waals surface area contributed by atoms with Crippen LogP contribution in [0.15, 0.2) is 35.3 Å². The molecule has 0 amide bonds. The van der Waals surface area contributed by atoms with Crippen LogP contribution in [0.4, 0.5) is 0 Å². The zero-order chi connectivity index (χ0) is 15.2. The average molecular weight is 427 g/mol. The van der Waals surface area contributed by atoms with E-state index >= 15 is 0 Å². The smallest absolute Gasteiger partial charge is 0.191 e. The molecule has 2 aliphatic rings. The van der Waals surface area contributed by atoms with E-state index in [1.165, 1.54) is 11.1 Å². The second kappa shape index (κ2) is 9.15. The molecular formula is C18H26IN3O. The maximum Gasteiger partial charge on any atom is 0.191 e. The summed E-state index contributed by atoms with van der Waals surface area (Å²) in [5.74, 6) is 1.98. The topological polar surface area (TPSA) is 45.7 Å². The normalized spacial score (nSPS) is 16.7. The van der Waals surface area contributed by atoms with Gasteiger partial charge in [0, 0.05) is 25.6 Å². The first kappa shape index (κ1) is 18.1. The zero-order valence-corrected chi connectivity index (χ0v) is 16.0. The van der Waals surface area contributed by atoms with E-state index in [9.17, 15) is 0 Å². The van der Waals surface area contributed by atoms with E-state index in [0.717, 1.165) is 57.1 Å². The van der Waals surface area contributed by atoms with Crippen LogP contribution < -0.4 is 15.4 Å². The summed E-state index contributed by atoms with van der Waals surface area (Å²) in [5, 5.41) is 6.83. The maximum absolute atomic E-state index is 5.55. The first-order chi connectivity index (χ1) is 10.8. The standard InChI is InChI=1S/C18H25N3O.HI/c1-2-19-18(21-16-5-3-4-6-16)20-11-9-14-7-8-17-15(13-14)10-12-22-17;/h3-4,7-8,13,16H,2,5-6,9-12H2,1H3,(H2,19,20,21);1H. The Morgan fingerprint density at radius 3 is 2.91 bits per heavy atom. The Morgan fingerprint density at radius 1 is 1.30 bits per heavy atom. The molecule has 23 heavy (non-hydrogen) atoms. The van der Waals surface area contributed by atoms with Gasteiger partial charge in [0.25, 0.3) is 0 Å². The summed E-state index contributed by atoms with van der Waals surface area (Å²) in [7, 11) is 0. The van der Waals surface area contributed by atoms with Gasteiger partial charge in [-0.25, -0.2) is 0 Å². The number of ether oxygens (including phenoxy) is 1. The number of nitrogens with one attached hydrogen (secondary N) is 2. The van der Waals surface area contributed by atoms with Gasteiger partial charge in [0.1, 0.15) is 5.75 Å². The molecule has 0 radical (unpaired) electrons. The van der Waals surface area contributed by atoms with Crippen LogP contribution in [-0.4, -0.2) is 31.7 Å². The Hall–Kier alpha value is -1.24. The van der Waals surface area contributed by atoms with Crippen LogP contribution >= 0.6 is 24.0 Å². The molecule has 5 heteroatoms. The Labute approximate surface area is 155 Å². The van der Waals surface area contributed by atoms with Gasteiger partial charge in [-0.05, 0) is 43.4 Å². The molecule has 1 heterocycles. The molecule has 0 fully saturated rings. The van der Waals surface area contributed by atoms with E-state index in [4.69, 9.17) is 9.73 Å². The predicted octanol–water partition coefficient (Wildman–Crippen LogP) is 3.06. The summed E-state index contributed by atoms with van der Waals surface area (Å²) < 4.78 is 5.55. The first-order valence-corrected chi connectivity index (χ1v) is 8.29. The number of halogens is 1. The van der Waals surface area contributed by atoms with Crippen molar-refractivity contribution in [1.29, 1.82) is 0 Å². The van der Waals surface area contributed by atoms with Crippen molar-refractivity contribution in [2.75, 3.05) is 19.7 Å². The molecule has 0 aromatic heterocycles. The van der Waals surface area contributed by atoms with Gasteiger partial charge in [-0.2, -0.15) is 0 Å². The third-order valence-electron chi connectivity index (χ3n) is 4.12. The van der Waals surface area contributed by atoms with E-state index in [1.807, 2.05) is 0 Å². The van der Waals surface area contributed by atoms with Crippen LogP contribution in [-0.2, 0) is 12.8 Å². The van der Waals surface area contributed by atoms with E-state index in [-0.39, 0.29) is 24.0 Å². The number of fused-ring (bicyclic) bond motifs is 1. The van der Waals surface area contributed by atoms with Crippen molar-refractivity contribution < 1.29 is 4.74 Å². The highest BCUT2D eigenvalue weighted by Crippen LogP contribution is 2.25. The number of benzene rings is 1. The van der Waals surface area contributed by atoms with E-state index < -0.39 is 0 Å². The summed E-state index contributed by atoms with van der Waals surface area (Å²) in [6.45, 7) is 4.61. The molecule has 0 saturated carbocycles. The van der Waals surface area contributed by atoms with Crippen LogP contribution in [0.1, 0.15) is 30.9 Å². The van der Waals surface area contributed by atoms with Crippen molar-refractivity contribution >= 4 is 29.9 Å². The Morgan fingerprint density at radius 2 is 2.13 bits per heavy atom. The van der Waals surface area contributed by atoms with Crippen LogP contribution in [0.5, 0.6) is 5.75 Å². The molecule has 1 aliphatic heterocycles. The highest BCUT2D eigenvalue weighted by molar-refractivity contribution is 14.0. The second-order valence-corrected chi connectivity index (χ2v) is 5.84. The summed E-state index contributed by atoms with van der Waals surface area (Å²) in [6.07, 6.45) is 8.64. The van der Waals surface area contributed by atoms with Gasteiger partial charge < -0.3 is 15.4 Å². The molecule has 1 aromatic carbocycles. The zero-order valence-electron chi connectivity index (χ0n) is 13.7. The molecule has 126 valence electrons. The minimum absolute atomic E-state index is 0. The number of nitrogens with zero attached hydrogens (tertiary/aromatic N) is 1. The van der Waals surface area contributed by atoms with Gasteiger partial charge in [0.05, 0.1) is 6.61 Å². The lowest BCUT2D eigenvalue weighted by Crippen LogP contribution is -2.42. The van der Waals surface area contributed by atoms with Crippen molar-refractivity contribution in [3.8, 4) is 5.75 Å². The molecule has 0 bridgehead atoms.